The third kappa shape index (κ3) is 2.38. The van der Waals surface area contributed by atoms with Crippen LogP contribution in [0.2, 0.25) is 0 Å². The Bertz CT molecular complexity index is 521. The van der Waals surface area contributed by atoms with Gasteiger partial charge < -0.3 is 5.32 Å². The molecule has 2 heterocycles. The fourth-order valence-corrected chi connectivity index (χ4v) is 2.83. The van der Waals surface area contributed by atoms with E-state index in [2.05, 4.69) is 48.2 Å². The second-order valence-electron chi connectivity index (χ2n) is 4.19. The van der Waals surface area contributed by atoms with Crippen molar-refractivity contribution in [2.75, 3.05) is 12.4 Å². The van der Waals surface area contributed by atoms with Crippen LogP contribution in [-0.2, 0) is 12.8 Å². The Balaban J connectivity index is 2.50. The summed E-state index contributed by atoms with van der Waals surface area (Å²) < 4.78 is 0. The molecule has 0 radical (unpaired) electrons. The average molecular weight is 261 g/mol. The van der Waals surface area contributed by atoms with Crippen molar-refractivity contribution < 1.29 is 0 Å². The summed E-state index contributed by atoms with van der Waals surface area (Å²) in [6.45, 7) is 6.37. The molecule has 1 N–H and O–H groups in total. The Kier molecular flexibility index (Phi) is 3.97. The van der Waals surface area contributed by atoms with Crippen molar-refractivity contribution in [1.29, 1.82) is 0 Å². The van der Waals surface area contributed by atoms with E-state index in [0.717, 1.165) is 40.6 Å². The molecule has 96 valence electrons. The van der Waals surface area contributed by atoms with Crippen LogP contribution in [0.1, 0.15) is 30.0 Å². The molecule has 2 aromatic heterocycles. The van der Waals surface area contributed by atoms with Crippen molar-refractivity contribution >= 4 is 17.2 Å². The molecule has 0 aliphatic heterocycles. The van der Waals surface area contributed by atoms with Crippen LogP contribution in [0.25, 0.3) is 10.7 Å². The van der Waals surface area contributed by atoms with E-state index < -0.39 is 0 Å². The summed E-state index contributed by atoms with van der Waals surface area (Å²) in [7, 11) is 1.91. The number of nitrogens with one attached hydrogen (secondary N) is 1. The van der Waals surface area contributed by atoms with Gasteiger partial charge in [0, 0.05) is 23.2 Å². The van der Waals surface area contributed by atoms with Crippen LogP contribution in [0.3, 0.4) is 0 Å². The van der Waals surface area contributed by atoms with Crippen LogP contribution < -0.4 is 5.32 Å². The summed E-state index contributed by atoms with van der Waals surface area (Å²) in [5, 5.41) is 3.15. The maximum absolute atomic E-state index is 4.68. The van der Waals surface area contributed by atoms with Crippen LogP contribution in [0.15, 0.2) is 12.1 Å². The van der Waals surface area contributed by atoms with Crippen LogP contribution in [0, 0.1) is 6.92 Å². The minimum Gasteiger partial charge on any atom is -0.373 e. The van der Waals surface area contributed by atoms with Crippen LogP contribution in [-0.4, -0.2) is 17.0 Å². The zero-order valence-corrected chi connectivity index (χ0v) is 12.2. The molecule has 2 rings (SSSR count). The molecule has 0 fully saturated rings. The number of aryl methyl sites for hydroxylation is 2. The van der Waals surface area contributed by atoms with E-state index in [4.69, 9.17) is 0 Å². The predicted octanol–water partition coefficient (Wildman–Crippen LogP) is 3.68. The number of nitrogens with zero attached hydrogens (tertiary/aromatic N) is 2. The Morgan fingerprint density at radius 1 is 1.17 bits per heavy atom. The second-order valence-corrected chi connectivity index (χ2v) is 5.36. The quantitative estimate of drug-likeness (QED) is 0.912. The van der Waals surface area contributed by atoms with Gasteiger partial charge in [0.2, 0.25) is 0 Å². The summed E-state index contributed by atoms with van der Waals surface area (Å²) in [6.07, 6.45) is 2.00. The predicted molar refractivity (Wildman–Crippen MR) is 78.4 cm³/mol. The summed E-state index contributed by atoms with van der Waals surface area (Å²) >= 11 is 1.78. The van der Waals surface area contributed by atoms with Crippen molar-refractivity contribution in [3.8, 4) is 10.7 Å². The largest absolute Gasteiger partial charge is 0.373 e. The van der Waals surface area contributed by atoms with Crippen LogP contribution in [0.4, 0.5) is 5.82 Å². The van der Waals surface area contributed by atoms with Crippen molar-refractivity contribution in [3.05, 3.63) is 28.3 Å². The molecule has 0 aliphatic rings. The fraction of sp³-hybridized carbons (Fsp3) is 0.429. The maximum Gasteiger partial charge on any atom is 0.171 e. The highest BCUT2D eigenvalue weighted by Crippen LogP contribution is 2.28. The number of rotatable bonds is 4. The van der Waals surface area contributed by atoms with Gasteiger partial charge in [-0.05, 0) is 31.9 Å². The number of hydrogen-bond donors (Lipinski definition) is 1. The monoisotopic (exact) mass is 261 g/mol. The number of hydrogen-bond acceptors (Lipinski definition) is 4. The van der Waals surface area contributed by atoms with E-state index in [0.29, 0.717) is 0 Å². The van der Waals surface area contributed by atoms with Gasteiger partial charge in [0.1, 0.15) is 5.82 Å². The van der Waals surface area contributed by atoms with Crippen molar-refractivity contribution in [2.45, 2.75) is 33.6 Å². The Morgan fingerprint density at radius 3 is 2.50 bits per heavy atom. The van der Waals surface area contributed by atoms with Crippen LogP contribution in [0.5, 0.6) is 0 Å². The van der Waals surface area contributed by atoms with Gasteiger partial charge in [-0.3, -0.25) is 0 Å². The molecule has 0 atom stereocenters. The third-order valence-electron chi connectivity index (χ3n) is 3.05. The van der Waals surface area contributed by atoms with Gasteiger partial charge in [-0.2, -0.15) is 0 Å². The summed E-state index contributed by atoms with van der Waals surface area (Å²) in [4.78, 5) is 11.8. The number of aromatic nitrogens is 2. The minimum atomic E-state index is 0.839. The van der Waals surface area contributed by atoms with Crippen molar-refractivity contribution in [2.24, 2.45) is 0 Å². The van der Waals surface area contributed by atoms with Crippen molar-refractivity contribution in [1.82, 2.24) is 9.97 Å². The van der Waals surface area contributed by atoms with Gasteiger partial charge in [0.05, 0.1) is 4.88 Å². The number of thiophene rings is 1. The first-order valence-corrected chi connectivity index (χ1v) is 7.15. The zero-order chi connectivity index (χ0) is 13.1. The smallest absolute Gasteiger partial charge is 0.171 e. The first-order valence-electron chi connectivity index (χ1n) is 6.33. The fourth-order valence-electron chi connectivity index (χ4n) is 1.95. The topological polar surface area (TPSA) is 37.8 Å². The summed E-state index contributed by atoms with van der Waals surface area (Å²) in [5.74, 6) is 1.77. The Morgan fingerprint density at radius 2 is 1.94 bits per heavy atom. The van der Waals surface area contributed by atoms with E-state index in [9.17, 15) is 0 Å². The van der Waals surface area contributed by atoms with E-state index in [1.54, 1.807) is 11.3 Å². The maximum atomic E-state index is 4.68. The Hall–Kier alpha value is -1.42. The normalized spacial score (nSPS) is 10.7. The molecule has 2 aromatic rings. The molecule has 0 unspecified atom stereocenters. The lowest BCUT2D eigenvalue weighted by molar-refractivity contribution is 0.980. The van der Waals surface area contributed by atoms with Gasteiger partial charge in [-0.25, -0.2) is 9.97 Å². The lowest BCUT2D eigenvalue weighted by atomic mass is 10.2. The first-order chi connectivity index (χ1) is 8.69. The highest BCUT2D eigenvalue weighted by molar-refractivity contribution is 7.15. The van der Waals surface area contributed by atoms with E-state index in [1.807, 2.05) is 7.05 Å². The van der Waals surface area contributed by atoms with Crippen molar-refractivity contribution in [3.63, 3.8) is 0 Å². The van der Waals surface area contributed by atoms with Gasteiger partial charge in [0.15, 0.2) is 5.82 Å². The molecule has 3 nitrogen and oxygen atoms in total. The van der Waals surface area contributed by atoms with Gasteiger partial charge in [0.25, 0.3) is 0 Å². The average Bonchev–Trinajstić information content (AvgIpc) is 2.88. The molecule has 4 heteroatoms. The summed E-state index contributed by atoms with van der Waals surface area (Å²) in [6, 6.07) is 4.28. The first kappa shape index (κ1) is 13.0. The molecule has 0 amide bonds. The molecule has 0 spiro atoms. The van der Waals surface area contributed by atoms with E-state index >= 15 is 0 Å². The molecule has 0 saturated carbocycles. The minimum absolute atomic E-state index is 0.839. The molecular weight excluding hydrogens is 242 g/mol. The highest BCUT2D eigenvalue weighted by Gasteiger charge is 2.11. The van der Waals surface area contributed by atoms with E-state index in [1.165, 1.54) is 4.88 Å². The van der Waals surface area contributed by atoms with Gasteiger partial charge >= 0.3 is 0 Å². The highest BCUT2D eigenvalue weighted by atomic mass is 32.1. The second kappa shape index (κ2) is 5.48. The Labute approximate surface area is 112 Å². The molecule has 0 aromatic carbocycles. The molecular formula is C14H19N3S. The van der Waals surface area contributed by atoms with Gasteiger partial charge in [-0.1, -0.05) is 13.8 Å². The van der Waals surface area contributed by atoms with Crippen LogP contribution >= 0.6 is 11.3 Å². The molecule has 0 saturated heterocycles. The summed E-state index contributed by atoms with van der Waals surface area (Å²) in [5.41, 5.74) is 2.27. The lowest BCUT2D eigenvalue weighted by Crippen LogP contribution is -2.04. The zero-order valence-electron chi connectivity index (χ0n) is 11.4. The van der Waals surface area contributed by atoms with E-state index in [-0.39, 0.29) is 0 Å². The molecule has 0 bridgehead atoms. The standard InChI is InChI=1S/C14H19N3S/c1-5-10-7-8-12(18-10)14-16-11(6-2)9(3)13(15-4)17-14/h7-8H,5-6H2,1-4H3,(H,15,16,17). The SMILES string of the molecule is CCc1ccc(-c2nc(CC)c(C)c(NC)n2)s1. The lowest BCUT2D eigenvalue weighted by Gasteiger charge is -2.10. The number of anilines is 1. The molecule has 0 aliphatic carbocycles. The molecule has 18 heavy (non-hydrogen) atoms. The third-order valence-corrected chi connectivity index (χ3v) is 4.27. The van der Waals surface area contributed by atoms with Gasteiger partial charge in [-0.15, -0.1) is 11.3 Å².